The van der Waals surface area contributed by atoms with Gasteiger partial charge in [-0.2, -0.15) is 0 Å². The maximum absolute atomic E-state index is 12.2. The second-order valence-electron chi connectivity index (χ2n) is 5.92. The fraction of sp³-hybridized carbons (Fsp3) is 0.562. The van der Waals surface area contributed by atoms with Gasteiger partial charge in [-0.3, -0.25) is 4.79 Å². The first-order valence-corrected chi connectivity index (χ1v) is 7.10. The highest BCUT2D eigenvalue weighted by molar-refractivity contribution is 5.79. The van der Waals surface area contributed by atoms with Gasteiger partial charge in [0, 0.05) is 12.0 Å². The van der Waals surface area contributed by atoms with Crippen LogP contribution in [0.15, 0.2) is 18.2 Å². The van der Waals surface area contributed by atoms with Gasteiger partial charge < -0.3 is 11.1 Å². The number of carbonyl (C=O) groups is 1. The van der Waals surface area contributed by atoms with Crippen LogP contribution in [0.4, 0.5) is 0 Å². The molecule has 3 nitrogen and oxygen atoms in total. The van der Waals surface area contributed by atoms with Gasteiger partial charge in [0.1, 0.15) is 0 Å². The molecule has 1 amide bonds. The van der Waals surface area contributed by atoms with E-state index >= 15 is 0 Å². The molecule has 19 heavy (non-hydrogen) atoms. The molecule has 3 N–H and O–H groups in total. The topological polar surface area (TPSA) is 55.1 Å². The van der Waals surface area contributed by atoms with E-state index in [0.717, 1.165) is 19.3 Å². The van der Waals surface area contributed by atoms with Gasteiger partial charge >= 0.3 is 0 Å². The zero-order valence-corrected chi connectivity index (χ0v) is 12.1. The van der Waals surface area contributed by atoms with E-state index in [2.05, 4.69) is 37.4 Å². The van der Waals surface area contributed by atoms with Crippen LogP contribution in [0.5, 0.6) is 0 Å². The van der Waals surface area contributed by atoms with E-state index in [1.807, 2.05) is 6.92 Å². The molecule has 1 aliphatic rings. The minimum Gasteiger partial charge on any atom is -0.349 e. The number of hydrogen-bond donors (Lipinski definition) is 2. The van der Waals surface area contributed by atoms with Crippen LogP contribution >= 0.6 is 0 Å². The highest BCUT2D eigenvalue weighted by atomic mass is 16.1. The minimum atomic E-state index is 0.0583. The monoisotopic (exact) mass is 260 g/mol. The fourth-order valence-electron chi connectivity index (χ4n) is 2.93. The van der Waals surface area contributed by atoms with Crippen molar-refractivity contribution in [3.05, 3.63) is 34.9 Å². The van der Waals surface area contributed by atoms with Crippen LogP contribution < -0.4 is 11.1 Å². The summed E-state index contributed by atoms with van der Waals surface area (Å²) in [5, 5.41) is 3.12. The third kappa shape index (κ3) is 3.57. The molecule has 1 aromatic carbocycles. The quantitative estimate of drug-likeness (QED) is 0.877. The Morgan fingerprint density at radius 2 is 1.89 bits per heavy atom. The first kappa shape index (κ1) is 14.1. The second kappa shape index (κ2) is 5.74. The van der Waals surface area contributed by atoms with Crippen molar-refractivity contribution in [1.82, 2.24) is 5.32 Å². The van der Waals surface area contributed by atoms with Crippen LogP contribution in [0, 0.1) is 19.8 Å². The second-order valence-corrected chi connectivity index (χ2v) is 5.92. The summed E-state index contributed by atoms with van der Waals surface area (Å²) in [6.07, 6.45) is 2.72. The van der Waals surface area contributed by atoms with Crippen molar-refractivity contribution in [2.75, 3.05) is 0 Å². The van der Waals surface area contributed by atoms with E-state index < -0.39 is 0 Å². The average molecular weight is 260 g/mol. The zero-order chi connectivity index (χ0) is 14.0. The number of amides is 1. The van der Waals surface area contributed by atoms with Gasteiger partial charge in [-0.1, -0.05) is 29.3 Å². The zero-order valence-electron chi connectivity index (χ0n) is 12.1. The predicted octanol–water partition coefficient (Wildman–Crippen LogP) is 2.61. The number of nitrogens with one attached hydrogen (secondary N) is 1. The Balaban J connectivity index is 2.00. The molecule has 3 unspecified atom stereocenters. The molecule has 1 saturated carbocycles. The summed E-state index contributed by atoms with van der Waals surface area (Å²) in [6.45, 7) is 6.21. The normalized spacial score (nSPS) is 24.2. The van der Waals surface area contributed by atoms with Crippen LogP contribution in [0.25, 0.3) is 0 Å². The summed E-state index contributed by atoms with van der Waals surface area (Å²) >= 11 is 0. The van der Waals surface area contributed by atoms with Gasteiger partial charge in [-0.25, -0.2) is 0 Å². The lowest BCUT2D eigenvalue weighted by molar-refractivity contribution is -0.125. The van der Waals surface area contributed by atoms with Crippen molar-refractivity contribution in [3.63, 3.8) is 0 Å². The van der Waals surface area contributed by atoms with Crippen molar-refractivity contribution in [1.29, 1.82) is 0 Å². The molecule has 3 atom stereocenters. The highest BCUT2D eigenvalue weighted by Gasteiger charge is 2.28. The Morgan fingerprint density at radius 1 is 1.26 bits per heavy atom. The molecule has 0 bridgehead atoms. The largest absolute Gasteiger partial charge is 0.349 e. The number of hydrogen-bond acceptors (Lipinski definition) is 2. The van der Waals surface area contributed by atoms with Crippen LogP contribution in [-0.4, -0.2) is 11.9 Å². The molecule has 1 aliphatic carbocycles. The smallest absolute Gasteiger partial charge is 0.223 e. The Morgan fingerprint density at radius 3 is 2.42 bits per heavy atom. The first-order valence-electron chi connectivity index (χ1n) is 7.10. The minimum absolute atomic E-state index is 0.0583. The molecule has 1 fully saturated rings. The molecule has 1 aromatic rings. The number of benzene rings is 1. The maximum atomic E-state index is 12.2. The Labute approximate surface area is 115 Å². The maximum Gasteiger partial charge on any atom is 0.223 e. The standard InChI is InChI=1S/C16H24N2O/c1-10-6-11(2)8-14(7-10)12(3)18-16(19)13-4-5-15(17)9-13/h6-8,12-13,15H,4-5,9,17H2,1-3H3,(H,18,19). The summed E-state index contributed by atoms with van der Waals surface area (Å²) in [4.78, 5) is 12.2. The fourth-order valence-corrected chi connectivity index (χ4v) is 2.93. The summed E-state index contributed by atoms with van der Waals surface area (Å²) in [5.74, 6) is 0.253. The molecule has 0 saturated heterocycles. The van der Waals surface area contributed by atoms with E-state index in [1.165, 1.54) is 16.7 Å². The molecule has 104 valence electrons. The third-order valence-electron chi connectivity index (χ3n) is 3.95. The molecule has 0 aliphatic heterocycles. The van der Waals surface area contributed by atoms with E-state index in [9.17, 15) is 4.79 Å². The van der Waals surface area contributed by atoms with Crippen LogP contribution in [0.1, 0.15) is 48.9 Å². The molecule has 0 aromatic heterocycles. The lowest BCUT2D eigenvalue weighted by atomic mass is 10.0. The van der Waals surface area contributed by atoms with Gasteiger partial charge in [-0.05, 0) is 45.6 Å². The summed E-state index contributed by atoms with van der Waals surface area (Å²) in [6, 6.07) is 6.68. The molecule has 0 radical (unpaired) electrons. The summed E-state index contributed by atoms with van der Waals surface area (Å²) in [7, 11) is 0. The molecule has 3 heteroatoms. The van der Waals surface area contributed by atoms with Crippen molar-refractivity contribution in [2.45, 2.75) is 52.1 Å². The van der Waals surface area contributed by atoms with Crippen molar-refractivity contribution in [2.24, 2.45) is 11.7 Å². The summed E-state index contributed by atoms with van der Waals surface area (Å²) in [5.41, 5.74) is 9.51. The molecular weight excluding hydrogens is 236 g/mol. The summed E-state index contributed by atoms with van der Waals surface area (Å²) < 4.78 is 0. The number of aryl methyl sites for hydroxylation is 2. The lowest BCUT2D eigenvalue weighted by Gasteiger charge is -2.18. The molecule has 0 spiro atoms. The number of rotatable bonds is 3. The predicted molar refractivity (Wildman–Crippen MR) is 77.8 cm³/mol. The van der Waals surface area contributed by atoms with Gasteiger partial charge in [0.15, 0.2) is 0 Å². The van der Waals surface area contributed by atoms with Crippen LogP contribution in [-0.2, 0) is 4.79 Å². The molecular formula is C16H24N2O. The SMILES string of the molecule is Cc1cc(C)cc(C(C)NC(=O)C2CCC(N)C2)c1. The molecule has 2 rings (SSSR count). The van der Waals surface area contributed by atoms with E-state index in [0.29, 0.717) is 0 Å². The van der Waals surface area contributed by atoms with Crippen molar-refractivity contribution >= 4 is 5.91 Å². The Hall–Kier alpha value is -1.35. The average Bonchev–Trinajstić information content (AvgIpc) is 2.74. The van der Waals surface area contributed by atoms with Gasteiger partial charge in [0.05, 0.1) is 6.04 Å². The van der Waals surface area contributed by atoms with E-state index in [1.54, 1.807) is 0 Å². The first-order chi connectivity index (χ1) is 8.95. The Kier molecular flexibility index (Phi) is 4.25. The third-order valence-corrected chi connectivity index (χ3v) is 3.95. The van der Waals surface area contributed by atoms with Gasteiger partial charge in [0.2, 0.25) is 5.91 Å². The highest BCUT2D eigenvalue weighted by Crippen LogP contribution is 2.25. The lowest BCUT2D eigenvalue weighted by Crippen LogP contribution is -2.32. The Bertz CT molecular complexity index is 450. The van der Waals surface area contributed by atoms with Crippen molar-refractivity contribution < 1.29 is 4.79 Å². The van der Waals surface area contributed by atoms with Crippen molar-refractivity contribution in [3.8, 4) is 0 Å². The number of carbonyl (C=O) groups excluding carboxylic acids is 1. The van der Waals surface area contributed by atoms with E-state index in [4.69, 9.17) is 5.73 Å². The molecule has 0 heterocycles. The van der Waals surface area contributed by atoms with Gasteiger partial charge in [0.25, 0.3) is 0 Å². The number of nitrogens with two attached hydrogens (primary N) is 1. The van der Waals surface area contributed by atoms with Crippen LogP contribution in [0.2, 0.25) is 0 Å². The van der Waals surface area contributed by atoms with E-state index in [-0.39, 0.29) is 23.9 Å². The van der Waals surface area contributed by atoms with Gasteiger partial charge in [-0.15, -0.1) is 0 Å². The van der Waals surface area contributed by atoms with Crippen LogP contribution in [0.3, 0.4) is 0 Å².